The average Bonchev–Trinajstić information content (AvgIpc) is 3.61. The summed E-state index contributed by atoms with van der Waals surface area (Å²) in [5.41, 5.74) is 5.11. The van der Waals surface area contributed by atoms with Gasteiger partial charge in [0.1, 0.15) is 0 Å². The van der Waals surface area contributed by atoms with Crippen molar-refractivity contribution in [3.63, 3.8) is 0 Å². The Labute approximate surface area is 229 Å². The molecule has 3 fully saturated rings. The van der Waals surface area contributed by atoms with E-state index in [0.717, 1.165) is 90.0 Å². The molecule has 202 valence electrons. The Hall–Kier alpha value is -3.42. The van der Waals surface area contributed by atoms with Crippen molar-refractivity contribution in [2.45, 2.75) is 50.8 Å². The molecule has 0 bridgehead atoms. The van der Waals surface area contributed by atoms with Crippen LogP contribution in [0.4, 0.5) is 11.4 Å². The number of carbonyl (C=O) groups excluding carboxylic acids is 2. The van der Waals surface area contributed by atoms with Crippen molar-refractivity contribution in [1.29, 1.82) is 0 Å². The van der Waals surface area contributed by atoms with Gasteiger partial charge < -0.3 is 19.9 Å². The highest BCUT2D eigenvalue weighted by Crippen LogP contribution is 2.50. The van der Waals surface area contributed by atoms with E-state index in [2.05, 4.69) is 59.3 Å². The molecular weight excluding hydrogens is 488 g/mol. The molecule has 1 saturated carbocycles. The van der Waals surface area contributed by atoms with Gasteiger partial charge in [-0.1, -0.05) is 24.3 Å². The molecule has 3 aliphatic heterocycles. The summed E-state index contributed by atoms with van der Waals surface area (Å²) in [5, 5.41) is 5.46. The Balaban J connectivity index is 1.11. The molecule has 7 nitrogen and oxygen atoms in total. The summed E-state index contributed by atoms with van der Waals surface area (Å²) in [6.07, 6.45) is 1.79. The van der Waals surface area contributed by atoms with E-state index in [4.69, 9.17) is 4.74 Å². The van der Waals surface area contributed by atoms with Crippen LogP contribution in [0.3, 0.4) is 0 Å². The van der Waals surface area contributed by atoms with E-state index in [0.29, 0.717) is 6.04 Å². The number of morpholine rings is 1. The van der Waals surface area contributed by atoms with Gasteiger partial charge in [-0.2, -0.15) is 0 Å². The summed E-state index contributed by atoms with van der Waals surface area (Å²) >= 11 is 0. The molecule has 3 aromatic rings. The zero-order chi connectivity index (χ0) is 27.1. The predicted molar refractivity (Wildman–Crippen MR) is 154 cm³/mol. The Kier molecular flexibility index (Phi) is 5.39. The quantitative estimate of drug-likeness (QED) is 0.534. The van der Waals surface area contributed by atoms with Crippen molar-refractivity contribution >= 4 is 34.0 Å². The number of amides is 2. The molecule has 0 spiro atoms. The monoisotopic (exact) mass is 524 g/mol. The first kappa shape index (κ1) is 24.6. The van der Waals surface area contributed by atoms with Crippen molar-refractivity contribution in [2.24, 2.45) is 0 Å². The summed E-state index contributed by atoms with van der Waals surface area (Å²) in [6.45, 7) is 11.0. The number of benzene rings is 3. The lowest BCUT2D eigenvalue weighted by atomic mass is 9.94. The molecule has 0 atom stereocenters. The van der Waals surface area contributed by atoms with E-state index in [1.807, 2.05) is 32.2 Å². The van der Waals surface area contributed by atoms with Gasteiger partial charge in [-0.15, -0.1) is 0 Å². The molecule has 0 radical (unpaired) electrons. The van der Waals surface area contributed by atoms with Crippen LogP contribution in [0.2, 0.25) is 0 Å². The fourth-order valence-electron chi connectivity index (χ4n) is 6.74. The minimum absolute atomic E-state index is 0.0274. The summed E-state index contributed by atoms with van der Waals surface area (Å²) in [6, 6.07) is 16.8. The van der Waals surface area contributed by atoms with Gasteiger partial charge >= 0.3 is 0 Å². The van der Waals surface area contributed by atoms with E-state index < -0.39 is 5.54 Å². The third-order valence-electron chi connectivity index (χ3n) is 9.20. The van der Waals surface area contributed by atoms with Crippen LogP contribution in [0.15, 0.2) is 48.5 Å². The molecule has 7 heteroatoms. The highest BCUT2D eigenvalue weighted by molar-refractivity contribution is 6.25. The van der Waals surface area contributed by atoms with Gasteiger partial charge in [-0.05, 0) is 74.4 Å². The fraction of sp³-hybridized carbons (Fsp3) is 0.438. The molecule has 3 heterocycles. The first-order valence-corrected chi connectivity index (χ1v) is 14.1. The maximum absolute atomic E-state index is 13.7. The lowest BCUT2D eigenvalue weighted by molar-refractivity contribution is -0.0994. The lowest BCUT2D eigenvalue weighted by Crippen LogP contribution is -2.64. The zero-order valence-electron chi connectivity index (χ0n) is 23.2. The summed E-state index contributed by atoms with van der Waals surface area (Å²) < 4.78 is 5.89. The third-order valence-corrected chi connectivity index (χ3v) is 9.20. The number of anilines is 2. The van der Waals surface area contributed by atoms with Crippen LogP contribution < -0.4 is 15.1 Å². The molecule has 39 heavy (non-hydrogen) atoms. The minimum atomic E-state index is -0.397. The van der Waals surface area contributed by atoms with Crippen LogP contribution in [-0.2, 0) is 10.3 Å². The van der Waals surface area contributed by atoms with E-state index in [1.54, 1.807) is 4.90 Å². The number of rotatable bonds is 5. The second-order valence-corrected chi connectivity index (χ2v) is 12.4. The topological polar surface area (TPSA) is 65.1 Å². The number of hydrogen-bond acceptors (Lipinski definition) is 5. The fourth-order valence-corrected chi connectivity index (χ4v) is 6.74. The van der Waals surface area contributed by atoms with E-state index in [1.165, 1.54) is 0 Å². The number of nitrogens with one attached hydrogen (secondary N) is 1. The van der Waals surface area contributed by atoms with Gasteiger partial charge in [-0.25, -0.2) is 0 Å². The molecule has 0 unspecified atom stereocenters. The van der Waals surface area contributed by atoms with Gasteiger partial charge in [0, 0.05) is 61.5 Å². The molecule has 4 aliphatic rings. The first-order chi connectivity index (χ1) is 18.7. The molecule has 2 amide bonds. The van der Waals surface area contributed by atoms with Crippen molar-refractivity contribution in [3.05, 3.63) is 70.8 Å². The Morgan fingerprint density at radius 3 is 2.62 bits per heavy atom. The smallest absolute Gasteiger partial charge is 0.258 e. The highest BCUT2D eigenvalue weighted by atomic mass is 16.5. The molecule has 1 N–H and O–H groups in total. The molecule has 7 rings (SSSR count). The number of carbonyl (C=O) groups is 2. The Morgan fingerprint density at radius 2 is 1.87 bits per heavy atom. The number of aryl methyl sites for hydroxylation is 1. The second-order valence-electron chi connectivity index (χ2n) is 12.4. The number of hydrogen-bond donors (Lipinski definition) is 1. The lowest BCUT2D eigenvalue weighted by Gasteiger charge is -2.50. The Morgan fingerprint density at radius 1 is 1.08 bits per heavy atom. The van der Waals surface area contributed by atoms with Gasteiger partial charge in [0.05, 0.1) is 23.4 Å². The summed E-state index contributed by atoms with van der Waals surface area (Å²) in [7, 11) is 1.82. The van der Waals surface area contributed by atoms with Crippen LogP contribution in [0, 0.1) is 6.92 Å². The predicted octanol–water partition coefficient (Wildman–Crippen LogP) is 4.46. The van der Waals surface area contributed by atoms with Crippen LogP contribution >= 0.6 is 0 Å². The molecule has 1 aliphatic carbocycles. The third kappa shape index (κ3) is 3.94. The second kappa shape index (κ2) is 8.54. The minimum Gasteiger partial charge on any atom is -0.373 e. The zero-order valence-corrected chi connectivity index (χ0v) is 23.2. The molecule has 2 saturated heterocycles. The Bertz CT molecular complexity index is 1520. The normalized spacial score (nSPS) is 21.8. The van der Waals surface area contributed by atoms with E-state index in [-0.39, 0.29) is 17.4 Å². The largest absolute Gasteiger partial charge is 0.373 e. The van der Waals surface area contributed by atoms with Crippen molar-refractivity contribution in [3.8, 4) is 0 Å². The van der Waals surface area contributed by atoms with E-state index in [9.17, 15) is 9.59 Å². The summed E-state index contributed by atoms with van der Waals surface area (Å²) in [4.78, 5) is 33.1. The number of ether oxygens (including phenoxy) is 1. The summed E-state index contributed by atoms with van der Waals surface area (Å²) in [5.74, 6) is -0.00469. The van der Waals surface area contributed by atoms with Gasteiger partial charge in [-0.3, -0.25) is 14.5 Å². The van der Waals surface area contributed by atoms with Gasteiger partial charge in [0.2, 0.25) is 0 Å². The van der Waals surface area contributed by atoms with Crippen molar-refractivity contribution in [2.75, 3.05) is 49.6 Å². The van der Waals surface area contributed by atoms with Crippen molar-refractivity contribution in [1.82, 2.24) is 10.2 Å². The van der Waals surface area contributed by atoms with Crippen LogP contribution in [-0.4, -0.2) is 68.2 Å². The van der Waals surface area contributed by atoms with Gasteiger partial charge in [0.15, 0.2) is 0 Å². The molecule has 0 aromatic heterocycles. The molecule has 3 aromatic carbocycles. The van der Waals surface area contributed by atoms with Crippen LogP contribution in [0.25, 0.3) is 10.8 Å². The SMILES string of the molecule is Cc1ccc(N2CC(N3CCOC(C)(C)C3)C2)cc1C(=O)NC1(c2ccc3c4c(cccc24)C(=O)N3C)CC1. The van der Waals surface area contributed by atoms with Crippen LogP contribution in [0.1, 0.15) is 58.5 Å². The highest BCUT2D eigenvalue weighted by Gasteiger charge is 2.48. The standard InChI is InChI=1S/C32H36N4O3/c1-20-8-9-21(36-17-22(18-36)35-14-15-39-31(2,3)19-35)16-25(20)29(37)33-32(12-13-32)26-10-11-27-28-23(26)6-5-7-24(28)30(38)34(27)4/h5-11,16,22H,12-15,17-19H2,1-4H3,(H,33,37). The maximum atomic E-state index is 13.7. The first-order valence-electron chi connectivity index (χ1n) is 14.1. The molecular formula is C32H36N4O3. The maximum Gasteiger partial charge on any atom is 0.258 e. The van der Waals surface area contributed by atoms with E-state index >= 15 is 0 Å². The van der Waals surface area contributed by atoms with Crippen molar-refractivity contribution < 1.29 is 14.3 Å². The average molecular weight is 525 g/mol. The number of nitrogens with zero attached hydrogens (tertiary/aromatic N) is 3. The van der Waals surface area contributed by atoms with Gasteiger partial charge in [0.25, 0.3) is 11.8 Å². The van der Waals surface area contributed by atoms with Crippen LogP contribution in [0.5, 0.6) is 0 Å².